The number of aromatic nitrogens is 1. The first kappa shape index (κ1) is 13.1. The molecular weight excluding hydrogens is 282 g/mol. The molecule has 2 bridgehead atoms. The highest BCUT2D eigenvalue weighted by atomic mass is 32.1. The molecule has 3 aliphatic rings. The zero-order chi connectivity index (χ0) is 14.2. The molecule has 2 aromatic heterocycles. The van der Waals surface area contributed by atoms with Crippen LogP contribution in [0.4, 0.5) is 0 Å². The molecule has 2 aromatic rings. The average Bonchev–Trinajstić information content (AvgIpc) is 3.20. The van der Waals surface area contributed by atoms with E-state index in [4.69, 9.17) is 0 Å². The van der Waals surface area contributed by atoms with Crippen LogP contribution < -0.4 is 5.32 Å². The van der Waals surface area contributed by atoms with Crippen molar-refractivity contribution < 1.29 is 4.79 Å². The fraction of sp³-hybridized carbons (Fsp3) is 0.438. The Morgan fingerprint density at radius 3 is 2.81 bits per heavy atom. The summed E-state index contributed by atoms with van der Waals surface area (Å²) in [6.07, 6.45) is 6.32. The molecule has 1 atom stereocenters. The molecule has 1 amide bonds. The van der Waals surface area contributed by atoms with Crippen LogP contribution >= 0.6 is 11.3 Å². The zero-order valence-electron chi connectivity index (χ0n) is 11.8. The molecule has 3 saturated heterocycles. The van der Waals surface area contributed by atoms with Gasteiger partial charge < -0.3 is 15.2 Å². The molecule has 4 nitrogen and oxygen atoms in total. The second-order valence-electron chi connectivity index (χ2n) is 5.98. The molecule has 2 N–H and O–H groups in total. The second-order valence-corrected chi connectivity index (χ2v) is 7.07. The van der Waals surface area contributed by atoms with Crippen LogP contribution in [0.15, 0.2) is 30.6 Å². The fourth-order valence-electron chi connectivity index (χ4n) is 3.46. The molecule has 5 heteroatoms. The molecule has 21 heavy (non-hydrogen) atoms. The molecule has 0 unspecified atom stereocenters. The number of nitrogens with one attached hydrogen (secondary N) is 2. The normalized spacial score (nSPS) is 27.7. The van der Waals surface area contributed by atoms with Crippen LogP contribution in [-0.2, 0) is 0 Å². The minimum absolute atomic E-state index is 0.0838. The summed E-state index contributed by atoms with van der Waals surface area (Å²) in [5.74, 6) is 0.753. The van der Waals surface area contributed by atoms with Crippen LogP contribution in [0.2, 0.25) is 0 Å². The van der Waals surface area contributed by atoms with Crippen molar-refractivity contribution in [2.45, 2.75) is 18.9 Å². The van der Waals surface area contributed by atoms with Crippen molar-refractivity contribution in [3.63, 3.8) is 0 Å². The lowest BCUT2D eigenvalue weighted by atomic mass is 9.84. The predicted molar refractivity (Wildman–Crippen MR) is 84.5 cm³/mol. The zero-order valence-corrected chi connectivity index (χ0v) is 12.7. The number of amides is 1. The van der Waals surface area contributed by atoms with Gasteiger partial charge in [-0.15, -0.1) is 11.3 Å². The Balaban J connectivity index is 1.46. The van der Waals surface area contributed by atoms with Gasteiger partial charge in [0.1, 0.15) is 0 Å². The maximum atomic E-state index is 12.4. The number of thiophene rings is 1. The molecule has 0 aromatic carbocycles. The summed E-state index contributed by atoms with van der Waals surface area (Å²) in [4.78, 5) is 19.9. The summed E-state index contributed by atoms with van der Waals surface area (Å²) in [6, 6.07) is 6.32. The number of fused-ring (bicyclic) bond motifs is 3. The van der Waals surface area contributed by atoms with Gasteiger partial charge in [0.05, 0.1) is 4.88 Å². The van der Waals surface area contributed by atoms with E-state index < -0.39 is 0 Å². The number of aromatic amines is 1. The summed E-state index contributed by atoms with van der Waals surface area (Å²) >= 11 is 1.56. The first-order valence-electron chi connectivity index (χ1n) is 7.56. The standard InChI is InChI=1S/C16H19N3OS/c20-16(18-13-10-19-7-4-11(13)5-8-19)15-2-1-14(21-15)12-3-6-17-9-12/h1-3,6,9,11,13,17H,4-5,7-8,10H2,(H,18,20)/t13-/m0/s1. The van der Waals surface area contributed by atoms with Gasteiger partial charge in [-0.3, -0.25) is 4.79 Å². The number of hydrogen-bond donors (Lipinski definition) is 2. The lowest BCUT2D eigenvalue weighted by Crippen LogP contribution is -2.57. The molecule has 0 saturated carbocycles. The maximum absolute atomic E-state index is 12.4. The van der Waals surface area contributed by atoms with Gasteiger partial charge in [-0.1, -0.05) is 0 Å². The van der Waals surface area contributed by atoms with Gasteiger partial charge in [-0.25, -0.2) is 0 Å². The molecular formula is C16H19N3OS. The van der Waals surface area contributed by atoms with E-state index >= 15 is 0 Å². The third kappa shape index (κ3) is 2.51. The number of carbonyl (C=O) groups is 1. The highest BCUT2D eigenvalue weighted by Gasteiger charge is 2.35. The van der Waals surface area contributed by atoms with Crippen molar-refractivity contribution in [3.05, 3.63) is 35.5 Å². The number of rotatable bonds is 3. The second kappa shape index (κ2) is 5.31. The van der Waals surface area contributed by atoms with Crippen molar-refractivity contribution in [2.75, 3.05) is 19.6 Å². The van der Waals surface area contributed by atoms with Crippen molar-refractivity contribution in [1.82, 2.24) is 15.2 Å². The van der Waals surface area contributed by atoms with E-state index in [9.17, 15) is 4.79 Å². The van der Waals surface area contributed by atoms with Gasteiger partial charge in [0.2, 0.25) is 0 Å². The number of carbonyl (C=O) groups excluding carboxylic acids is 1. The largest absolute Gasteiger partial charge is 0.367 e. The summed E-state index contributed by atoms with van der Waals surface area (Å²) in [5, 5.41) is 3.25. The average molecular weight is 301 g/mol. The molecule has 3 fully saturated rings. The van der Waals surface area contributed by atoms with E-state index in [1.165, 1.54) is 25.9 Å². The summed E-state index contributed by atoms with van der Waals surface area (Å²) in [7, 11) is 0. The van der Waals surface area contributed by atoms with Crippen molar-refractivity contribution in [2.24, 2.45) is 5.92 Å². The van der Waals surface area contributed by atoms with Crippen LogP contribution in [0.5, 0.6) is 0 Å². The number of H-pyrrole nitrogens is 1. The minimum Gasteiger partial charge on any atom is -0.367 e. The van der Waals surface area contributed by atoms with Crippen LogP contribution in [-0.4, -0.2) is 41.5 Å². The summed E-state index contributed by atoms with van der Waals surface area (Å²) < 4.78 is 0. The lowest BCUT2D eigenvalue weighted by molar-refractivity contribution is 0.0622. The lowest BCUT2D eigenvalue weighted by Gasteiger charge is -2.44. The fourth-order valence-corrected chi connectivity index (χ4v) is 4.37. The number of piperidine rings is 3. The molecule has 0 aliphatic carbocycles. The Morgan fingerprint density at radius 2 is 2.14 bits per heavy atom. The highest BCUT2D eigenvalue weighted by molar-refractivity contribution is 7.17. The Kier molecular flexibility index (Phi) is 3.31. The van der Waals surface area contributed by atoms with E-state index in [0.717, 1.165) is 21.9 Å². The van der Waals surface area contributed by atoms with Crippen LogP contribution in [0, 0.1) is 5.92 Å². The minimum atomic E-state index is 0.0838. The first-order chi connectivity index (χ1) is 10.3. The van der Waals surface area contributed by atoms with Gasteiger partial charge in [-0.05, 0) is 50.0 Å². The van der Waals surface area contributed by atoms with E-state index in [0.29, 0.717) is 12.0 Å². The SMILES string of the molecule is O=C(N[C@H]1CN2CCC1CC2)c1ccc(-c2cc[nH]c2)s1. The molecule has 0 radical (unpaired) electrons. The van der Waals surface area contributed by atoms with Crippen LogP contribution in [0.25, 0.3) is 10.4 Å². The van der Waals surface area contributed by atoms with Gasteiger partial charge in [-0.2, -0.15) is 0 Å². The topological polar surface area (TPSA) is 48.1 Å². The molecule has 5 heterocycles. The van der Waals surface area contributed by atoms with Crippen molar-refractivity contribution in [1.29, 1.82) is 0 Å². The van der Waals surface area contributed by atoms with E-state index in [1.54, 1.807) is 11.3 Å². The van der Waals surface area contributed by atoms with Crippen LogP contribution in [0.3, 0.4) is 0 Å². The predicted octanol–water partition coefficient (Wildman–Crippen LogP) is 2.57. The summed E-state index contributed by atoms with van der Waals surface area (Å²) in [6.45, 7) is 3.42. The third-order valence-corrected chi connectivity index (χ3v) is 5.82. The third-order valence-electron chi connectivity index (χ3n) is 4.68. The highest BCUT2D eigenvalue weighted by Crippen LogP contribution is 2.30. The number of hydrogen-bond acceptors (Lipinski definition) is 3. The molecule has 110 valence electrons. The smallest absolute Gasteiger partial charge is 0.261 e. The number of nitrogens with zero attached hydrogens (tertiary/aromatic N) is 1. The van der Waals surface area contributed by atoms with Gasteiger partial charge in [0.25, 0.3) is 5.91 Å². The summed E-state index contributed by atoms with van der Waals surface area (Å²) in [5.41, 5.74) is 1.14. The van der Waals surface area contributed by atoms with E-state index in [2.05, 4.69) is 15.2 Å². The monoisotopic (exact) mass is 301 g/mol. The Labute approximate surface area is 128 Å². The first-order valence-corrected chi connectivity index (χ1v) is 8.37. The Morgan fingerprint density at radius 1 is 1.29 bits per heavy atom. The van der Waals surface area contributed by atoms with E-state index in [-0.39, 0.29) is 5.91 Å². The van der Waals surface area contributed by atoms with Gasteiger partial charge in [0.15, 0.2) is 0 Å². The maximum Gasteiger partial charge on any atom is 0.261 e. The molecule has 3 aliphatic heterocycles. The Bertz CT molecular complexity index is 626. The van der Waals surface area contributed by atoms with Crippen molar-refractivity contribution in [3.8, 4) is 10.4 Å². The van der Waals surface area contributed by atoms with Gasteiger partial charge in [0, 0.05) is 35.4 Å². The molecule has 5 rings (SSSR count). The molecule has 0 spiro atoms. The van der Waals surface area contributed by atoms with E-state index in [1.807, 2.05) is 30.6 Å². The van der Waals surface area contributed by atoms with Crippen molar-refractivity contribution >= 4 is 17.2 Å². The Hall–Kier alpha value is -1.59. The van der Waals surface area contributed by atoms with Crippen LogP contribution in [0.1, 0.15) is 22.5 Å². The van der Waals surface area contributed by atoms with Gasteiger partial charge >= 0.3 is 0 Å². The quantitative estimate of drug-likeness (QED) is 0.915.